The third-order valence-corrected chi connectivity index (χ3v) is 9.76. The van der Waals surface area contributed by atoms with E-state index in [1.165, 1.54) is 0 Å². The first kappa shape index (κ1) is 38.9. The van der Waals surface area contributed by atoms with Crippen LogP contribution in [-0.4, -0.2) is 106 Å². The van der Waals surface area contributed by atoms with Crippen molar-refractivity contribution >= 4 is 17.7 Å². The quantitative estimate of drug-likeness (QED) is 0.161. The Morgan fingerprint density at radius 2 is 1.65 bits per heavy atom. The third-order valence-electron chi connectivity index (χ3n) is 9.76. The van der Waals surface area contributed by atoms with Crippen LogP contribution in [0, 0.1) is 5.92 Å². The summed E-state index contributed by atoms with van der Waals surface area (Å²) in [6, 6.07) is 23.6. The molecular weight excluding hydrogens is 660 g/mol. The van der Waals surface area contributed by atoms with Crippen LogP contribution < -0.4 is 15.4 Å². The number of carbonyl (C=O) groups excluding carboxylic acids is 3. The summed E-state index contributed by atoms with van der Waals surface area (Å²) < 4.78 is 5.50. The average Bonchev–Trinajstić information content (AvgIpc) is 3.43. The fourth-order valence-corrected chi connectivity index (χ4v) is 7.17. The molecule has 3 aromatic rings. The van der Waals surface area contributed by atoms with E-state index in [-0.39, 0.29) is 50.4 Å². The molecule has 3 aromatic carbocycles. The summed E-state index contributed by atoms with van der Waals surface area (Å²) in [4.78, 5) is 44.6. The SMILES string of the molecule is CC(C)(C)NC(=O)[C@@H]1CN(C(=O)CCc2ccccc2)CCN1C[C@@H](O)C[C@@H](Cc1ccc(OCCO)cc1)C(=O)N[C@H]1c2ccccc2C[C@H]1O. The molecule has 1 aliphatic heterocycles. The van der Waals surface area contributed by atoms with Gasteiger partial charge in [-0.25, -0.2) is 0 Å². The number of amides is 3. The van der Waals surface area contributed by atoms with E-state index < -0.39 is 35.7 Å². The first-order valence-corrected chi connectivity index (χ1v) is 18.3. The van der Waals surface area contributed by atoms with Crippen molar-refractivity contribution in [1.29, 1.82) is 0 Å². The standard InChI is InChI=1S/C41H54N4O7/c1-41(2,3)43-40(51)35-27-45(37(49)18-15-28-9-5-4-6-10-28)20-19-44(35)26-32(47)24-31(23-29-13-16-33(17-14-29)52-22-21-46)39(50)42-38-34-12-8-7-11-30(34)25-36(38)48/h4-14,16-17,31-32,35-36,38,46-48H,15,18-27H2,1-3H3,(H,42,50)(H,43,51)/t31-,32+,35+,36-,38+/m1/s1. The van der Waals surface area contributed by atoms with Crippen molar-refractivity contribution in [2.75, 3.05) is 39.4 Å². The number of hydrogen-bond donors (Lipinski definition) is 5. The van der Waals surface area contributed by atoms with E-state index in [2.05, 4.69) is 10.6 Å². The molecule has 11 nitrogen and oxygen atoms in total. The topological polar surface area (TPSA) is 152 Å². The summed E-state index contributed by atoms with van der Waals surface area (Å²) in [7, 11) is 0. The number of nitrogens with one attached hydrogen (secondary N) is 2. The van der Waals surface area contributed by atoms with Crippen LogP contribution in [0.1, 0.15) is 61.9 Å². The molecule has 1 aliphatic carbocycles. The highest BCUT2D eigenvalue weighted by Gasteiger charge is 2.38. The highest BCUT2D eigenvalue weighted by molar-refractivity contribution is 5.84. The second kappa shape index (κ2) is 18.0. The van der Waals surface area contributed by atoms with E-state index in [0.717, 1.165) is 22.3 Å². The van der Waals surface area contributed by atoms with Crippen molar-refractivity contribution in [3.8, 4) is 5.75 Å². The molecule has 0 spiro atoms. The first-order chi connectivity index (χ1) is 24.9. The molecule has 0 aromatic heterocycles. The van der Waals surface area contributed by atoms with Gasteiger partial charge in [-0.15, -0.1) is 0 Å². The zero-order chi connectivity index (χ0) is 37.3. The molecule has 3 amide bonds. The molecule has 5 N–H and O–H groups in total. The van der Waals surface area contributed by atoms with E-state index in [4.69, 9.17) is 9.84 Å². The molecule has 0 bridgehead atoms. The lowest BCUT2D eigenvalue weighted by Gasteiger charge is -2.42. The van der Waals surface area contributed by atoms with Gasteiger partial charge in [0.1, 0.15) is 18.4 Å². The van der Waals surface area contributed by atoms with Gasteiger partial charge in [0.15, 0.2) is 0 Å². The van der Waals surface area contributed by atoms with Crippen LogP contribution in [0.5, 0.6) is 5.75 Å². The number of rotatable bonds is 15. The van der Waals surface area contributed by atoms with Gasteiger partial charge in [0, 0.05) is 50.5 Å². The number of ether oxygens (including phenoxy) is 1. The molecule has 1 fully saturated rings. The van der Waals surface area contributed by atoms with Gasteiger partial charge in [0.2, 0.25) is 17.7 Å². The average molecular weight is 715 g/mol. The molecule has 0 saturated carbocycles. The molecule has 280 valence electrons. The molecule has 1 heterocycles. The van der Waals surface area contributed by atoms with E-state index in [1.807, 2.05) is 92.4 Å². The highest BCUT2D eigenvalue weighted by atomic mass is 16.5. The summed E-state index contributed by atoms with van der Waals surface area (Å²) in [6.07, 6.45) is 0.114. The smallest absolute Gasteiger partial charge is 0.239 e. The van der Waals surface area contributed by atoms with Crippen molar-refractivity contribution in [3.63, 3.8) is 0 Å². The number of nitrogens with zero attached hydrogens (tertiary/aromatic N) is 2. The summed E-state index contributed by atoms with van der Waals surface area (Å²) in [5.41, 5.74) is 3.33. The minimum Gasteiger partial charge on any atom is -0.491 e. The predicted octanol–water partition coefficient (Wildman–Crippen LogP) is 2.80. The summed E-state index contributed by atoms with van der Waals surface area (Å²) >= 11 is 0. The van der Waals surface area contributed by atoms with Gasteiger partial charge in [-0.2, -0.15) is 0 Å². The largest absolute Gasteiger partial charge is 0.491 e. The van der Waals surface area contributed by atoms with Crippen molar-refractivity contribution < 1.29 is 34.4 Å². The molecule has 52 heavy (non-hydrogen) atoms. The Bertz CT molecular complexity index is 1630. The van der Waals surface area contributed by atoms with Gasteiger partial charge >= 0.3 is 0 Å². The van der Waals surface area contributed by atoms with Crippen molar-refractivity contribution in [3.05, 3.63) is 101 Å². The maximum absolute atomic E-state index is 14.0. The monoisotopic (exact) mass is 714 g/mol. The summed E-state index contributed by atoms with van der Waals surface area (Å²) in [5, 5.41) is 37.7. The molecule has 0 unspecified atom stereocenters. The van der Waals surface area contributed by atoms with E-state index in [1.54, 1.807) is 17.0 Å². The maximum atomic E-state index is 14.0. The third kappa shape index (κ3) is 10.9. The molecule has 11 heteroatoms. The predicted molar refractivity (Wildman–Crippen MR) is 198 cm³/mol. The van der Waals surface area contributed by atoms with Gasteiger partial charge in [-0.05, 0) is 74.4 Å². The fraction of sp³-hybridized carbons (Fsp3) is 0.488. The van der Waals surface area contributed by atoms with Crippen LogP contribution in [0.3, 0.4) is 0 Å². The van der Waals surface area contributed by atoms with Gasteiger partial charge in [0.05, 0.1) is 24.9 Å². The normalized spacial score (nSPS) is 20.1. The molecule has 0 radical (unpaired) electrons. The zero-order valence-electron chi connectivity index (χ0n) is 30.5. The number of fused-ring (bicyclic) bond motifs is 1. The van der Waals surface area contributed by atoms with Crippen LogP contribution in [0.25, 0.3) is 0 Å². The van der Waals surface area contributed by atoms with Gasteiger partial charge in [0.25, 0.3) is 0 Å². The number of aliphatic hydroxyl groups is 3. The Balaban J connectivity index is 1.29. The Kier molecular flexibility index (Phi) is 13.4. The fourth-order valence-electron chi connectivity index (χ4n) is 7.17. The summed E-state index contributed by atoms with van der Waals surface area (Å²) in [6.45, 7) is 6.96. The van der Waals surface area contributed by atoms with E-state index >= 15 is 0 Å². The number of carbonyl (C=O) groups is 3. The molecule has 2 aliphatic rings. The number of piperazine rings is 1. The number of aliphatic hydroxyl groups excluding tert-OH is 3. The second-order valence-electron chi connectivity index (χ2n) is 15.0. The van der Waals surface area contributed by atoms with Crippen LogP contribution in [-0.2, 0) is 33.6 Å². The summed E-state index contributed by atoms with van der Waals surface area (Å²) in [5.74, 6) is -0.565. The lowest BCUT2D eigenvalue weighted by Crippen LogP contribution is -2.62. The highest BCUT2D eigenvalue weighted by Crippen LogP contribution is 2.32. The Morgan fingerprint density at radius 3 is 2.37 bits per heavy atom. The lowest BCUT2D eigenvalue weighted by molar-refractivity contribution is -0.139. The van der Waals surface area contributed by atoms with Crippen LogP contribution in [0.4, 0.5) is 0 Å². The van der Waals surface area contributed by atoms with Gasteiger partial charge in [-0.3, -0.25) is 19.3 Å². The minimum absolute atomic E-state index is 0.0159. The Hall–Kier alpha value is -4.29. The van der Waals surface area contributed by atoms with E-state index in [9.17, 15) is 24.6 Å². The van der Waals surface area contributed by atoms with Crippen molar-refractivity contribution in [2.24, 2.45) is 5.92 Å². The van der Waals surface area contributed by atoms with Gasteiger partial charge < -0.3 is 35.6 Å². The van der Waals surface area contributed by atoms with Crippen molar-refractivity contribution in [1.82, 2.24) is 20.4 Å². The first-order valence-electron chi connectivity index (χ1n) is 18.3. The Morgan fingerprint density at radius 1 is 0.942 bits per heavy atom. The number of benzene rings is 3. The van der Waals surface area contributed by atoms with Crippen LogP contribution >= 0.6 is 0 Å². The maximum Gasteiger partial charge on any atom is 0.239 e. The number of hydrogen-bond acceptors (Lipinski definition) is 8. The van der Waals surface area contributed by atoms with Gasteiger partial charge in [-0.1, -0.05) is 66.7 Å². The number of β-amino-alcohol motifs (C(OH)–C–C–N with tert-alkyl or cyclic N) is 1. The van der Waals surface area contributed by atoms with Crippen LogP contribution in [0.2, 0.25) is 0 Å². The Labute approximate surface area is 307 Å². The van der Waals surface area contributed by atoms with Crippen molar-refractivity contribution in [2.45, 2.75) is 82.7 Å². The molecule has 1 saturated heterocycles. The lowest BCUT2D eigenvalue weighted by atomic mass is 9.91. The number of aryl methyl sites for hydroxylation is 1. The minimum atomic E-state index is -0.964. The molecular formula is C41H54N4O7. The molecule has 5 atom stereocenters. The second-order valence-corrected chi connectivity index (χ2v) is 15.0. The zero-order valence-corrected chi connectivity index (χ0v) is 30.5. The molecule has 5 rings (SSSR count). The van der Waals surface area contributed by atoms with Crippen LogP contribution in [0.15, 0.2) is 78.9 Å². The van der Waals surface area contributed by atoms with E-state index in [0.29, 0.717) is 44.5 Å².